The molecule has 0 radical (unpaired) electrons. The van der Waals surface area contributed by atoms with E-state index in [1.54, 1.807) is 19.1 Å². The predicted octanol–water partition coefficient (Wildman–Crippen LogP) is -3.10. The van der Waals surface area contributed by atoms with E-state index in [1.165, 1.54) is 17.1 Å². The van der Waals surface area contributed by atoms with Crippen LogP contribution in [-0.2, 0) is 11.3 Å². The molecule has 2 aromatic heterocycles. The topological polar surface area (TPSA) is 84.9 Å². The van der Waals surface area contributed by atoms with E-state index in [0.717, 1.165) is 0 Å². The van der Waals surface area contributed by atoms with Gasteiger partial charge in [0.25, 0.3) is 0 Å². The summed E-state index contributed by atoms with van der Waals surface area (Å²) in [6.45, 7) is 1.27. The van der Waals surface area contributed by atoms with Crippen LogP contribution < -0.4 is 39.4 Å². The SMILES string of the molecule is Cc1c(Cl)c(-c2ccc[n+]([O-])c2)nn1CC(=O)[O-].[Na+]. The molecule has 94 valence electrons. The number of halogens is 1. The average molecular weight is 290 g/mol. The fourth-order valence-corrected chi connectivity index (χ4v) is 1.82. The maximum atomic E-state index is 11.2. The van der Waals surface area contributed by atoms with Crippen molar-refractivity contribution in [3.8, 4) is 11.3 Å². The van der Waals surface area contributed by atoms with Gasteiger partial charge >= 0.3 is 29.6 Å². The van der Waals surface area contributed by atoms with Gasteiger partial charge < -0.3 is 15.1 Å². The van der Waals surface area contributed by atoms with Crippen LogP contribution in [0.15, 0.2) is 24.5 Å². The number of aliphatic carboxylic acids is 1. The van der Waals surface area contributed by atoms with E-state index >= 15 is 0 Å². The van der Waals surface area contributed by atoms with Gasteiger partial charge in [-0.25, -0.2) is 0 Å². The van der Waals surface area contributed by atoms with Crippen LogP contribution in [0.4, 0.5) is 0 Å². The molecule has 2 rings (SSSR count). The molecule has 0 spiro atoms. The van der Waals surface area contributed by atoms with Crippen LogP contribution in [0, 0.1) is 12.1 Å². The third kappa shape index (κ3) is 3.48. The van der Waals surface area contributed by atoms with Crippen molar-refractivity contribution in [3.63, 3.8) is 0 Å². The fraction of sp³-hybridized carbons (Fsp3) is 0.182. The number of pyridine rings is 1. The standard InChI is InChI=1S/C11H10ClN3O3.Na/c1-7-10(12)11(13-15(7)6-9(16)17)8-3-2-4-14(18)5-8;/h2-5H,6H2,1H3,(H,16,17);/q;+1/p-1. The smallest absolute Gasteiger partial charge is 0.619 e. The monoisotopic (exact) mass is 289 g/mol. The molecule has 0 N–H and O–H groups in total. The summed E-state index contributed by atoms with van der Waals surface area (Å²) < 4.78 is 1.86. The molecule has 0 aliphatic heterocycles. The zero-order chi connectivity index (χ0) is 13.3. The first-order valence-corrected chi connectivity index (χ1v) is 5.49. The number of nitrogens with zero attached hydrogens (tertiary/aromatic N) is 3. The molecule has 0 atom stereocenters. The van der Waals surface area contributed by atoms with Gasteiger partial charge in [-0.1, -0.05) is 11.6 Å². The van der Waals surface area contributed by atoms with Crippen LogP contribution in [0.5, 0.6) is 0 Å². The largest absolute Gasteiger partial charge is 1.00 e. The van der Waals surface area contributed by atoms with Crippen molar-refractivity contribution in [3.05, 3.63) is 40.5 Å². The Morgan fingerprint density at radius 2 is 2.26 bits per heavy atom. The zero-order valence-electron chi connectivity index (χ0n) is 10.5. The molecule has 0 fully saturated rings. The molecule has 0 amide bonds. The molecule has 2 aromatic rings. The van der Waals surface area contributed by atoms with Crippen LogP contribution in [0.25, 0.3) is 11.3 Å². The van der Waals surface area contributed by atoms with E-state index < -0.39 is 5.97 Å². The Morgan fingerprint density at radius 3 is 2.84 bits per heavy atom. The Hall–Kier alpha value is -1.08. The molecular formula is C11H9ClN3NaO3. The summed E-state index contributed by atoms with van der Waals surface area (Å²) in [5.41, 5.74) is 1.41. The second-order valence-corrected chi connectivity index (χ2v) is 4.11. The van der Waals surface area contributed by atoms with Gasteiger partial charge in [0.1, 0.15) is 5.69 Å². The van der Waals surface area contributed by atoms with Crippen LogP contribution in [0.3, 0.4) is 0 Å². The predicted molar refractivity (Wildman–Crippen MR) is 61.4 cm³/mol. The minimum absolute atomic E-state index is 0. The molecule has 6 nitrogen and oxygen atoms in total. The Labute approximate surface area is 136 Å². The molecule has 19 heavy (non-hydrogen) atoms. The Balaban J connectivity index is 0.00000180. The summed E-state index contributed by atoms with van der Waals surface area (Å²) in [6, 6.07) is 3.23. The van der Waals surface area contributed by atoms with Crippen molar-refractivity contribution in [1.82, 2.24) is 9.78 Å². The van der Waals surface area contributed by atoms with E-state index in [1.807, 2.05) is 0 Å². The second-order valence-electron chi connectivity index (χ2n) is 3.73. The quantitative estimate of drug-likeness (QED) is 0.340. The normalized spacial score (nSPS) is 10.0. The van der Waals surface area contributed by atoms with Crippen LogP contribution >= 0.6 is 11.6 Å². The molecule has 8 heteroatoms. The van der Waals surface area contributed by atoms with E-state index in [-0.39, 0.29) is 36.1 Å². The maximum absolute atomic E-state index is 11.2. The van der Waals surface area contributed by atoms with Crippen molar-refractivity contribution in [1.29, 1.82) is 0 Å². The van der Waals surface area contributed by atoms with E-state index in [4.69, 9.17) is 11.6 Å². The van der Waals surface area contributed by atoms with Crippen LogP contribution in [-0.4, -0.2) is 15.7 Å². The number of carbonyl (C=O) groups excluding carboxylic acids is 1. The summed E-state index contributed by atoms with van der Waals surface area (Å²) in [4.78, 5) is 10.6. The van der Waals surface area contributed by atoms with Crippen molar-refractivity contribution in [2.45, 2.75) is 13.5 Å². The Morgan fingerprint density at radius 1 is 1.58 bits per heavy atom. The number of aromatic nitrogens is 3. The van der Waals surface area contributed by atoms with Crippen molar-refractivity contribution < 1.29 is 44.2 Å². The molecule has 0 saturated heterocycles. The van der Waals surface area contributed by atoms with Gasteiger partial charge in [0, 0.05) is 6.07 Å². The summed E-state index contributed by atoms with van der Waals surface area (Å²) in [5, 5.41) is 26.1. The molecule has 0 saturated carbocycles. The fourth-order valence-electron chi connectivity index (χ4n) is 1.58. The number of carboxylic acid groups (broad SMARTS) is 1. The average Bonchev–Trinajstić information content (AvgIpc) is 2.57. The van der Waals surface area contributed by atoms with Crippen molar-refractivity contribution in [2.24, 2.45) is 0 Å². The van der Waals surface area contributed by atoms with Gasteiger partial charge in [-0.15, -0.1) is 0 Å². The van der Waals surface area contributed by atoms with Gasteiger partial charge in [-0.3, -0.25) is 4.68 Å². The maximum Gasteiger partial charge on any atom is 1.00 e. The molecule has 2 heterocycles. The Bertz CT molecular complexity index is 615. The van der Waals surface area contributed by atoms with Gasteiger partial charge in [0.2, 0.25) is 0 Å². The minimum atomic E-state index is -1.25. The zero-order valence-corrected chi connectivity index (χ0v) is 13.2. The van der Waals surface area contributed by atoms with Crippen LogP contribution in [0.2, 0.25) is 5.02 Å². The second kappa shape index (κ2) is 6.38. The van der Waals surface area contributed by atoms with Crippen molar-refractivity contribution >= 4 is 17.6 Å². The number of hydrogen-bond donors (Lipinski definition) is 0. The van der Waals surface area contributed by atoms with Crippen LogP contribution in [0.1, 0.15) is 5.69 Å². The summed E-state index contributed by atoms with van der Waals surface area (Å²) >= 11 is 6.08. The molecule has 0 aliphatic rings. The van der Waals surface area contributed by atoms with E-state index in [0.29, 0.717) is 26.7 Å². The molecule has 0 aromatic carbocycles. The summed E-state index contributed by atoms with van der Waals surface area (Å²) in [6.07, 6.45) is 2.65. The third-order valence-electron chi connectivity index (χ3n) is 2.46. The first kappa shape index (κ1) is 16.0. The number of carbonyl (C=O) groups is 1. The van der Waals surface area contributed by atoms with E-state index in [9.17, 15) is 15.1 Å². The van der Waals surface area contributed by atoms with Gasteiger partial charge in [-0.2, -0.15) is 9.83 Å². The third-order valence-corrected chi connectivity index (χ3v) is 2.91. The molecule has 0 bridgehead atoms. The first-order chi connectivity index (χ1) is 8.49. The first-order valence-electron chi connectivity index (χ1n) is 5.11. The summed E-state index contributed by atoms with van der Waals surface area (Å²) in [5.74, 6) is -1.25. The van der Waals surface area contributed by atoms with Gasteiger partial charge in [0.15, 0.2) is 12.4 Å². The van der Waals surface area contributed by atoms with Crippen molar-refractivity contribution in [2.75, 3.05) is 0 Å². The summed E-state index contributed by atoms with van der Waals surface area (Å²) in [7, 11) is 0. The number of carboxylic acids is 1. The molecule has 0 unspecified atom stereocenters. The number of rotatable bonds is 3. The van der Waals surface area contributed by atoms with Gasteiger partial charge in [0.05, 0.1) is 28.8 Å². The van der Waals surface area contributed by atoms with E-state index in [2.05, 4.69) is 5.10 Å². The van der Waals surface area contributed by atoms with Gasteiger partial charge in [-0.05, 0) is 13.0 Å². The molecular weight excluding hydrogens is 281 g/mol. The number of hydrogen-bond acceptors (Lipinski definition) is 4. The molecule has 0 aliphatic carbocycles. The Kier molecular flexibility index (Phi) is 5.37. The minimum Gasteiger partial charge on any atom is -0.619 e.